The molecule has 6 nitrogen and oxygen atoms in total. The molecule has 0 saturated heterocycles. The summed E-state index contributed by atoms with van der Waals surface area (Å²) in [6.07, 6.45) is 3.58. The number of furan rings is 1. The Balaban J connectivity index is 1.45. The molecule has 25 heavy (non-hydrogen) atoms. The van der Waals surface area contributed by atoms with Crippen LogP contribution in [0.1, 0.15) is 30.2 Å². The number of halogens is 1. The van der Waals surface area contributed by atoms with Gasteiger partial charge in [0.15, 0.2) is 0 Å². The van der Waals surface area contributed by atoms with Crippen molar-refractivity contribution < 1.29 is 18.4 Å². The molecule has 3 N–H and O–H groups in total. The highest BCUT2D eigenvalue weighted by atomic mass is 19.1. The molecule has 0 unspecified atom stereocenters. The molecule has 1 aliphatic carbocycles. The van der Waals surface area contributed by atoms with E-state index >= 15 is 0 Å². The zero-order chi connectivity index (χ0) is 17.6. The van der Waals surface area contributed by atoms with Gasteiger partial charge in [-0.25, -0.2) is 9.18 Å². The summed E-state index contributed by atoms with van der Waals surface area (Å²) in [6, 6.07) is 9.02. The third kappa shape index (κ3) is 5.07. The van der Waals surface area contributed by atoms with Crippen LogP contribution < -0.4 is 16.0 Å². The van der Waals surface area contributed by atoms with Gasteiger partial charge in [-0.1, -0.05) is 12.1 Å². The Morgan fingerprint density at radius 3 is 2.56 bits per heavy atom. The maximum absolute atomic E-state index is 13.1. The number of urea groups is 1. The Morgan fingerprint density at radius 1 is 1.16 bits per heavy atom. The topological polar surface area (TPSA) is 83.4 Å². The van der Waals surface area contributed by atoms with Crippen molar-refractivity contribution in [1.82, 2.24) is 16.0 Å². The van der Waals surface area contributed by atoms with Gasteiger partial charge in [0.1, 0.15) is 11.6 Å². The molecule has 132 valence electrons. The summed E-state index contributed by atoms with van der Waals surface area (Å²) in [7, 11) is 0. The van der Waals surface area contributed by atoms with Crippen molar-refractivity contribution in [2.24, 2.45) is 5.92 Å². The molecule has 1 atom stereocenters. The van der Waals surface area contributed by atoms with Gasteiger partial charge in [0.2, 0.25) is 5.91 Å². The lowest BCUT2D eigenvalue weighted by Crippen LogP contribution is -2.43. The summed E-state index contributed by atoms with van der Waals surface area (Å²) in [4.78, 5) is 23.8. The first kappa shape index (κ1) is 17.0. The number of carbonyl (C=O) groups excluding carboxylic acids is 2. The third-order valence-corrected chi connectivity index (χ3v) is 4.05. The number of benzene rings is 1. The highest BCUT2D eigenvalue weighted by Gasteiger charge is 2.33. The zero-order valence-corrected chi connectivity index (χ0v) is 13.6. The lowest BCUT2D eigenvalue weighted by molar-refractivity contribution is -0.121. The molecule has 1 aliphatic rings. The molecule has 1 fully saturated rings. The fraction of sp³-hybridized carbons (Fsp3) is 0.333. The fourth-order valence-electron chi connectivity index (χ4n) is 2.60. The van der Waals surface area contributed by atoms with Crippen molar-refractivity contribution in [1.29, 1.82) is 0 Å². The van der Waals surface area contributed by atoms with Gasteiger partial charge >= 0.3 is 6.03 Å². The van der Waals surface area contributed by atoms with Crippen molar-refractivity contribution >= 4 is 11.9 Å². The maximum atomic E-state index is 13.1. The van der Waals surface area contributed by atoms with Gasteiger partial charge in [-0.3, -0.25) is 4.79 Å². The Bertz CT molecular complexity index is 712. The zero-order valence-electron chi connectivity index (χ0n) is 13.6. The quantitative estimate of drug-likeness (QED) is 0.721. The molecule has 0 bridgehead atoms. The van der Waals surface area contributed by atoms with Crippen molar-refractivity contribution in [3.05, 3.63) is 59.8 Å². The molecule has 1 heterocycles. The van der Waals surface area contributed by atoms with Crippen LogP contribution in [0.25, 0.3) is 0 Å². The second-order valence-corrected chi connectivity index (χ2v) is 6.05. The highest BCUT2D eigenvalue weighted by molar-refractivity contribution is 5.84. The number of carbonyl (C=O) groups is 2. The van der Waals surface area contributed by atoms with Crippen LogP contribution in [0.4, 0.5) is 9.18 Å². The van der Waals surface area contributed by atoms with Crippen LogP contribution >= 0.6 is 0 Å². The standard InChI is InChI=1S/C18H20FN3O3/c19-14-7-5-13(6-8-14)17(12-3-4-12)22-16(23)11-21-18(24)20-10-15-2-1-9-25-15/h1-2,5-9,12,17H,3-4,10-11H2,(H,22,23)(H2,20,21,24)/t17-/m0/s1. The number of nitrogens with one attached hydrogen (secondary N) is 3. The molecule has 3 rings (SSSR count). The second-order valence-electron chi connectivity index (χ2n) is 6.05. The molecule has 1 saturated carbocycles. The van der Waals surface area contributed by atoms with Crippen molar-refractivity contribution in [3.8, 4) is 0 Å². The lowest BCUT2D eigenvalue weighted by atomic mass is 10.0. The van der Waals surface area contributed by atoms with E-state index in [0.717, 1.165) is 18.4 Å². The molecular weight excluding hydrogens is 325 g/mol. The number of amides is 3. The second kappa shape index (κ2) is 7.83. The molecule has 7 heteroatoms. The molecule has 0 radical (unpaired) electrons. The van der Waals surface area contributed by atoms with E-state index in [9.17, 15) is 14.0 Å². The van der Waals surface area contributed by atoms with Crippen LogP contribution in [-0.2, 0) is 11.3 Å². The number of hydrogen-bond donors (Lipinski definition) is 3. The maximum Gasteiger partial charge on any atom is 0.315 e. The summed E-state index contributed by atoms with van der Waals surface area (Å²) >= 11 is 0. The van der Waals surface area contributed by atoms with E-state index in [1.807, 2.05) is 0 Å². The van der Waals surface area contributed by atoms with E-state index in [1.54, 1.807) is 24.3 Å². The Labute approximate surface area is 144 Å². The molecular formula is C18H20FN3O3. The summed E-state index contributed by atoms with van der Waals surface area (Å²) in [6.45, 7) is 0.120. The van der Waals surface area contributed by atoms with E-state index in [1.165, 1.54) is 18.4 Å². The predicted octanol–water partition coefficient (Wildman–Crippen LogP) is 2.49. The number of rotatable bonds is 7. The minimum atomic E-state index is -0.448. The van der Waals surface area contributed by atoms with E-state index in [0.29, 0.717) is 11.7 Å². The molecule has 2 aromatic rings. The van der Waals surface area contributed by atoms with Crippen molar-refractivity contribution in [3.63, 3.8) is 0 Å². The SMILES string of the molecule is O=C(CNC(=O)NCc1ccco1)N[C@H](c1ccc(F)cc1)C1CC1. The molecule has 1 aromatic heterocycles. The number of hydrogen-bond acceptors (Lipinski definition) is 3. The van der Waals surface area contributed by atoms with Crippen LogP contribution in [0.5, 0.6) is 0 Å². The Hall–Kier alpha value is -2.83. The van der Waals surface area contributed by atoms with E-state index in [2.05, 4.69) is 16.0 Å². The first-order chi connectivity index (χ1) is 12.1. The molecule has 0 spiro atoms. The Morgan fingerprint density at radius 2 is 1.92 bits per heavy atom. The minimum absolute atomic E-state index is 0.131. The van der Waals surface area contributed by atoms with Gasteiger partial charge in [0.05, 0.1) is 25.4 Å². The van der Waals surface area contributed by atoms with E-state index in [-0.39, 0.29) is 30.9 Å². The summed E-state index contributed by atoms with van der Waals surface area (Å²) in [5, 5.41) is 8.03. The predicted molar refractivity (Wildman–Crippen MR) is 89.0 cm³/mol. The van der Waals surface area contributed by atoms with E-state index < -0.39 is 6.03 Å². The minimum Gasteiger partial charge on any atom is -0.467 e. The fourth-order valence-corrected chi connectivity index (χ4v) is 2.60. The van der Waals surface area contributed by atoms with Gasteiger partial charge in [-0.15, -0.1) is 0 Å². The third-order valence-electron chi connectivity index (χ3n) is 4.05. The van der Waals surface area contributed by atoms with Crippen molar-refractivity contribution in [2.75, 3.05) is 6.54 Å². The van der Waals surface area contributed by atoms with Gasteiger partial charge in [0, 0.05) is 0 Å². The summed E-state index contributed by atoms with van der Waals surface area (Å²) in [5.41, 5.74) is 0.875. The summed E-state index contributed by atoms with van der Waals surface area (Å²) < 4.78 is 18.2. The molecule has 1 aromatic carbocycles. The van der Waals surface area contributed by atoms with Gasteiger partial charge in [-0.2, -0.15) is 0 Å². The van der Waals surface area contributed by atoms with Gasteiger partial charge in [0.25, 0.3) is 0 Å². The smallest absolute Gasteiger partial charge is 0.315 e. The first-order valence-corrected chi connectivity index (χ1v) is 8.21. The molecule has 3 amide bonds. The van der Waals surface area contributed by atoms with Crippen LogP contribution in [0.2, 0.25) is 0 Å². The average molecular weight is 345 g/mol. The molecule has 0 aliphatic heterocycles. The lowest BCUT2D eigenvalue weighted by Gasteiger charge is -2.19. The van der Waals surface area contributed by atoms with Crippen LogP contribution in [0.3, 0.4) is 0 Å². The Kier molecular flexibility index (Phi) is 5.33. The first-order valence-electron chi connectivity index (χ1n) is 8.21. The van der Waals surface area contributed by atoms with E-state index in [4.69, 9.17) is 4.42 Å². The monoisotopic (exact) mass is 345 g/mol. The highest BCUT2D eigenvalue weighted by Crippen LogP contribution is 2.40. The normalized spacial score (nSPS) is 14.6. The summed E-state index contributed by atoms with van der Waals surface area (Å²) in [5.74, 6) is 0.404. The largest absolute Gasteiger partial charge is 0.467 e. The van der Waals surface area contributed by atoms with Crippen LogP contribution in [-0.4, -0.2) is 18.5 Å². The van der Waals surface area contributed by atoms with Crippen LogP contribution in [0, 0.1) is 11.7 Å². The van der Waals surface area contributed by atoms with Crippen LogP contribution in [0.15, 0.2) is 47.1 Å². The average Bonchev–Trinajstić information content (AvgIpc) is 3.32. The van der Waals surface area contributed by atoms with Crippen molar-refractivity contribution in [2.45, 2.75) is 25.4 Å². The van der Waals surface area contributed by atoms with Gasteiger partial charge in [-0.05, 0) is 48.6 Å². The van der Waals surface area contributed by atoms with Gasteiger partial charge < -0.3 is 20.4 Å².